The third-order valence-electron chi connectivity index (χ3n) is 2.73. The van der Waals surface area contributed by atoms with Crippen LogP contribution in [0.2, 0.25) is 0 Å². The molecule has 18 heavy (non-hydrogen) atoms. The highest BCUT2D eigenvalue weighted by atomic mass is 15.1. The van der Waals surface area contributed by atoms with Crippen LogP contribution in [0.3, 0.4) is 0 Å². The number of hydrogen-bond donors (Lipinski definition) is 1. The fourth-order valence-corrected chi connectivity index (χ4v) is 1.83. The lowest BCUT2D eigenvalue weighted by Crippen LogP contribution is -2.06. The van der Waals surface area contributed by atoms with Gasteiger partial charge in [0.1, 0.15) is 0 Å². The summed E-state index contributed by atoms with van der Waals surface area (Å²) in [7, 11) is 0. The van der Waals surface area contributed by atoms with E-state index in [0.717, 1.165) is 30.9 Å². The zero-order valence-electron chi connectivity index (χ0n) is 10.4. The number of benzene rings is 1. The highest BCUT2D eigenvalue weighted by molar-refractivity contribution is 5.49. The zero-order valence-corrected chi connectivity index (χ0v) is 10.4. The monoisotopic (exact) mass is 240 g/mol. The van der Waals surface area contributed by atoms with Crippen LogP contribution < -0.4 is 5.32 Å². The Kier molecular flexibility index (Phi) is 3.98. The van der Waals surface area contributed by atoms with E-state index >= 15 is 0 Å². The molecule has 0 saturated heterocycles. The number of aryl methyl sites for hydroxylation is 1. The second-order valence-corrected chi connectivity index (χ2v) is 4.12. The first-order valence-electron chi connectivity index (χ1n) is 6.06. The molecule has 0 amide bonds. The highest BCUT2D eigenvalue weighted by Crippen LogP contribution is 2.11. The molecule has 0 fully saturated rings. The third kappa shape index (κ3) is 2.89. The minimum absolute atomic E-state index is 0.669. The van der Waals surface area contributed by atoms with Crippen molar-refractivity contribution in [2.24, 2.45) is 0 Å². The zero-order chi connectivity index (χ0) is 12.8. The molecule has 0 unspecified atom stereocenters. The minimum atomic E-state index is 0.669. The van der Waals surface area contributed by atoms with Gasteiger partial charge in [-0.2, -0.15) is 5.26 Å². The van der Waals surface area contributed by atoms with E-state index < -0.39 is 0 Å². The van der Waals surface area contributed by atoms with Gasteiger partial charge in [-0.25, -0.2) is 4.98 Å². The van der Waals surface area contributed by atoms with Crippen molar-refractivity contribution in [3.63, 3.8) is 0 Å². The number of nitriles is 1. The maximum Gasteiger partial charge on any atom is 0.0992 e. The molecular weight excluding hydrogens is 224 g/mol. The molecular formula is C14H16N4. The molecule has 1 N–H and O–H groups in total. The van der Waals surface area contributed by atoms with Crippen molar-refractivity contribution in [1.82, 2.24) is 9.55 Å². The average molecular weight is 240 g/mol. The Morgan fingerprint density at radius 3 is 3.11 bits per heavy atom. The van der Waals surface area contributed by atoms with Crippen LogP contribution in [0.4, 0.5) is 5.69 Å². The highest BCUT2D eigenvalue weighted by Gasteiger charge is 2.01. The molecule has 1 aromatic heterocycles. The van der Waals surface area contributed by atoms with Crippen LogP contribution in [0.5, 0.6) is 0 Å². The van der Waals surface area contributed by atoms with Crippen LogP contribution in [-0.4, -0.2) is 9.55 Å². The van der Waals surface area contributed by atoms with E-state index in [1.165, 1.54) is 0 Å². The summed E-state index contributed by atoms with van der Waals surface area (Å²) >= 11 is 0. The van der Waals surface area contributed by atoms with E-state index in [1.54, 1.807) is 6.07 Å². The first kappa shape index (κ1) is 12.2. The van der Waals surface area contributed by atoms with Gasteiger partial charge in [-0.05, 0) is 24.6 Å². The maximum atomic E-state index is 8.84. The van der Waals surface area contributed by atoms with Crippen LogP contribution in [0.1, 0.15) is 24.6 Å². The molecule has 2 rings (SSSR count). The fraction of sp³-hybridized carbons (Fsp3) is 0.286. The maximum absolute atomic E-state index is 8.84. The molecule has 0 aliphatic heterocycles. The normalized spacial score (nSPS) is 10.0. The van der Waals surface area contributed by atoms with Crippen molar-refractivity contribution in [1.29, 1.82) is 5.26 Å². The number of nitrogens with zero attached hydrogens (tertiary/aromatic N) is 3. The first-order chi connectivity index (χ1) is 8.83. The number of aromatic nitrogens is 2. The van der Waals surface area contributed by atoms with Gasteiger partial charge in [0, 0.05) is 18.4 Å². The van der Waals surface area contributed by atoms with Gasteiger partial charge in [-0.1, -0.05) is 13.0 Å². The van der Waals surface area contributed by atoms with Crippen molar-refractivity contribution in [3.05, 3.63) is 48.0 Å². The van der Waals surface area contributed by atoms with Crippen LogP contribution in [0.25, 0.3) is 0 Å². The molecule has 2 aromatic rings. The molecule has 0 saturated carbocycles. The number of imidazole rings is 1. The van der Waals surface area contributed by atoms with Crippen molar-refractivity contribution in [2.75, 3.05) is 5.32 Å². The van der Waals surface area contributed by atoms with E-state index in [-0.39, 0.29) is 0 Å². The molecule has 0 aliphatic rings. The van der Waals surface area contributed by atoms with Crippen molar-refractivity contribution in [3.8, 4) is 6.07 Å². The molecule has 1 aromatic carbocycles. The largest absolute Gasteiger partial charge is 0.379 e. The summed E-state index contributed by atoms with van der Waals surface area (Å²) < 4.78 is 2.14. The lowest BCUT2D eigenvalue weighted by atomic mass is 10.2. The van der Waals surface area contributed by atoms with Gasteiger partial charge in [0.15, 0.2) is 0 Å². The number of hydrogen-bond acceptors (Lipinski definition) is 3. The van der Waals surface area contributed by atoms with Gasteiger partial charge in [0.2, 0.25) is 0 Å². The smallest absolute Gasteiger partial charge is 0.0992 e. The Balaban J connectivity index is 2.02. The quantitative estimate of drug-likeness (QED) is 0.874. The summed E-state index contributed by atoms with van der Waals surface area (Å²) in [6, 6.07) is 9.62. The summed E-state index contributed by atoms with van der Waals surface area (Å²) in [4.78, 5) is 4.16. The van der Waals surface area contributed by atoms with Crippen molar-refractivity contribution >= 4 is 5.69 Å². The lowest BCUT2D eigenvalue weighted by Gasteiger charge is -2.09. The van der Waals surface area contributed by atoms with Crippen molar-refractivity contribution < 1.29 is 0 Å². The van der Waals surface area contributed by atoms with Crippen LogP contribution in [-0.2, 0) is 13.1 Å². The van der Waals surface area contributed by atoms with Gasteiger partial charge in [-0.3, -0.25) is 0 Å². The Bertz CT molecular complexity index is 551. The molecule has 0 radical (unpaired) electrons. The van der Waals surface area contributed by atoms with E-state index in [0.29, 0.717) is 5.56 Å². The van der Waals surface area contributed by atoms with E-state index in [4.69, 9.17) is 5.26 Å². The van der Waals surface area contributed by atoms with Gasteiger partial charge in [0.25, 0.3) is 0 Å². The number of nitrogens with one attached hydrogen (secondary N) is 1. The predicted octanol–water partition coefficient (Wildman–Crippen LogP) is 2.78. The van der Waals surface area contributed by atoms with Gasteiger partial charge < -0.3 is 9.88 Å². The SMILES string of the molecule is CCCn1cncc1CNc1cccc(C#N)c1. The Morgan fingerprint density at radius 1 is 1.44 bits per heavy atom. The molecule has 4 nitrogen and oxygen atoms in total. The van der Waals surface area contributed by atoms with E-state index in [2.05, 4.69) is 27.9 Å². The van der Waals surface area contributed by atoms with Crippen LogP contribution >= 0.6 is 0 Å². The Labute approximate surface area is 107 Å². The summed E-state index contributed by atoms with van der Waals surface area (Å²) in [6.07, 6.45) is 4.82. The van der Waals surface area contributed by atoms with Gasteiger partial charge in [-0.15, -0.1) is 0 Å². The molecule has 0 bridgehead atoms. The molecule has 0 atom stereocenters. The first-order valence-corrected chi connectivity index (χ1v) is 6.06. The average Bonchev–Trinajstić information content (AvgIpc) is 2.85. The predicted molar refractivity (Wildman–Crippen MR) is 71.0 cm³/mol. The second-order valence-electron chi connectivity index (χ2n) is 4.12. The Hall–Kier alpha value is -2.28. The van der Waals surface area contributed by atoms with Crippen LogP contribution in [0.15, 0.2) is 36.8 Å². The fourth-order valence-electron chi connectivity index (χ4n) is 1.83. The summed E-state index contributed by atoms with van der Waals surface area (Å²) in [6.45, 7) is 3.84. The minimum Gasteiger partial charge on any atom is -0.379 e. The second kappa shape index (κ2) is 5.87. The topological polar surface area (TPSA) is 53.6 Å². The molecule has 0 spiro atoms. The molecule has 0 aliphatic carbocycles. The molecule has 1 heterocycles. The third-order valence-corrected chi connectivity index (χ3v) is 2.73. The van der Waals surface area contributed by atoms with Gasteiger partial charge in [0.05, 0.1) is 30.2 Å². The summed E-state index contributed by atoms with van der Waals surface area (Å²) in [5.41, 5.74) is 2.78. The Morgan fingerprint density at radius 2 is 2.33 bits per heavy atom. The summed E-state index contributed by atoms with van der Waals surface area (Å²) in [5, 5.41) is 12.1. The standard InChI is InChI=1S/C14H16N4/c1-2-6-18-11-16-9-14(18)10-17-13-5-3-4-12(7-13)8-15/h3-5,7,9,11,17H,2,6,10H2,1H3. The van der Waals surface area contributed by atoms with Crippen molar-refractivity contribution in [2.45, 2.75) is 26.4 Å². The number of rotatable bonds is 5. The molecule has 92 valence electrons. The summed E-state index contributed by atoms with van der Waals surface area (Å²) in [5.74, 6) is 0. The van der Waals surface area contributed by atoms with Gasteiger partial charge >= 0.3 is 0 Å². The van der Waals surface area contributed by atoms with Crippen LogP contribution in [0, 0.1) is 11.3 Å². The number of anilines is 1. The van der Waals surface area contributed by atoms with E-state index in [1.807, 2.05) is 30.7 Å². The molecule has 4 heteroatoms. The lowest BCUT2D eigenvalue weighted by molar-refractivity contribution is 0.651. The van der Waals surface area contributed by atoms with E-state index in [9.17, 15) is 0 Å².